The van der Waals surface area contributed by atoms with Gasteiger partial charge in [0.25, 0.3) is 0 Å². The molecule has 0 spiro atoms. The predicted octanol–water partition coefficient (Wildman–Crippen LogP) is 7.55. The SMILES string of the molecule is CC(C)(C)[O][Cr](=[O])(=[O])[OH].CCCC[N+](CCCC)(CCCC)CCCC.CCCC[N+](CCCC)(CCCC)CCCC.[O]=[Cr](=[O])([O-])[O][Cr](=[O])(=[O])[O-]. The molecular formula is C36H82Cr3N2O11. The minimum absolute atomic E-state index is 0.821. The summed E-state index contributed by atoms with van der Waals surface area (Å²) in [4.78, 5) is 0. The van der Waals surface area contributed by atoms with Crippen molar-refractivity contribution in [1.29, 1.82) is 0 Å². The van der Waals surface area contributed by atoms with Gasteiger partial charge in [0.05, 0.1) is 52.4 Å². The van der Waals surface area contributed by atoms with E-state index in [4.69, 9.17) is 4.16 Å². The standard InChI is InChI=1S/2C16H36N.C4H9O.3Cr.H2O.9O/c2*1-5-9-13-17(14-10-6-2,15-11-7-3)16-12-8-4;1-4(2,3)5;;;;;;;;;;;;;/h2*5-16H2,1-4H3;1-3H3;;;;1H2;;;;;;;;;/q2*+1;-1;;;+2;;;;;;;;;2*-1/p-1. The van der Waals surface area contributed by atoms with E-state index in [1.54, 1.807) is 20.8 Å². The second kappa shape index (κ2) is 33.3. The Labute approximate surface area is 326 Å². The third-order valence-electron chi connectivity index (χ3n) is 8.41. The van der Waals surface area contributed by atoms with Gasteiger partial charge >= 0.3 is 109 Å². The molecule has 0 bridgehead atoms. The molecule has 0 saturated heterocycles. The van der Waals surface area contributed by atoms with Gasteiger partial charge in [-0.1, -0.05) is 107 Å². The molecule has 52 heavy (non-hydrogen) atoms. The van der Waals surface area contributed by atoms with Crippen LogP contribution in [0, 0.1) is 0 Å². The van der Waals surface area contributed by atoms with Crippen LogP contribution < -0.4 is 8.32 Å². The van der Waals surface area contributed by atoms with Crippen molar-refractivity contribution < 1.29 is 91.7 Å². The zero-order valence-corrected chi connectivity index (χ0v) is 38.9. The molecule has 0 heterocycles. The fraction of sp³-hybridized carbons (Fsp3) is 1.00. The normalized spacial score (nSPS) is 12.6. The molecule has 1 N–H and O–H groups in total. The van der Waals surface area contributed by atoms with Crippen molar-refractivity contribution in [2.75, 3.05) is 52.4 Å². The van der Waals surface area contributed by atoms with Crippen LogP contribution in [-0.4, -0.2) is 71.1 Å². The van der Waals surface area contributed by atoms with Crippen molar-refractivity contribution in [3.05, 3.63) is 0 Å². The topological polar surface area (TPSA) is 187 Å². The molecular weight excluding hydrogens is 792 g/mol. The Morgan fingerprint density at radius 2 is 0.615 bits per heavy atom. The number of rotatable bonds is 27. The number of hydrogen-bond donors (Lipinski definition) is 1. The summed E-state index contributed by atoms with van der Waals surface area (Å²) >= 11 is -17.1. The van der Waals surface area contributed by atoms with E-state index >= 15 is 0 Å². The second-order valence-corrected chi connectivity index (χ2v) is 20.0. The van der Waals surface area contributed by atoms with Crippen molar-refractivity contribution in [1.82, 2.24) is 0 Å². The van der Waals surface area contributed by atoms with Crippen LogP contribution in [0.4, 0.5) is 0 Å². The Bertz CT molecular complexity index is 986. The summed E-state index contributed by atoms with van der Waals surface area (Å²) in [5, 5.41) is 0. The van der Waals surface area contributed by atoms with E-state index in [9.17, 15) is 31.1 Å². The fourth-order valence-corrected chi connectivity index (χ4v) is 8.33. The molecule has 16 heteroatoms. The molecule has 0 saturated carbocycles. The van der Waals surface area contributed by atoms with E-state index < -0.39 is 46.4 Å². The minimum atomic E-state index is -6.07. The third-order valence-corrected chi connectivity index (χ3v) is 12.2. The number of unbranched alkanes of at least 4 members (excludes halogenated alkanes) is 8. The maximum absolute atomic E-state index is 10.1. The van der Waals surface area contributed by atoms with Gasteiger partial charge in [-0.3, -0.25) is 0 Å². The molecule has 0 aromatic rings. The molecule has 0 fully saturated rings. The Balaban J connectivity index is -0.000000309. The molecule has 0 aliphatic heterocycles. The van der Waals surface area contributed by atoms with Gasteiger partial charge in [0, 0.05) is 0 Å². The molecule has 0 radical (unpaired) electrons. The monoisotopic (exact) mass is 874 g/mol. The quantitative estimate of drug-likeness (QED) is 0.0803. The van der Waals surface area contributed by atoms with Crippen molar-refractivity contribution in [2.24, 2.45) is 0 Å². The first kappa shape index (κ1) is 58.8. The van der Waals surface area contributed by atoms with Crippen LogP contribution in [0.2, 0.25) is 0 Å². The molecule has 320 valence electrons. The number of quaternary nitrogens is 2. The van der Waals surface area contributed by atoms with Crippen LogP contribution >= 0.6 is 0 Å². The van der Waals surface area contributed by atoms with E-state index in [0.717, 1.165) is 0 Å². The molecule has 0 atom stereocenters. The molecule has 13 nitrogen and oxygen atoms in total. The van der Waals surface area contributed by atoms with Gasteiger partial charge in [-0.05, 0) is 51.4 Å². The third kappa shape index (κ3) is 44.5. The van der Waals surface area contributed by atoms with Crippen molar-refractivity contribution >= 4 is 0 Å². The Morgan fingerprint density at radius 3 is 0.673 bits per heavy atom. The van der Waals surface area contributed by atoms with E-state index in [2.05, 4.69) is 62.0 Å². The Hall–Kier alpha value is 0.117. The first-order valence-corrected chi connectivity index (χ1v) is 26.2. The average molecular weight is 875 g/mol. The van der Waals surface area contributed by atoms with Gasteiger partial charge in [0.2, 0.25) is 0 Å². The van der Waals surface area contributed by atoms with Crippen molar-refractivity contribution in [2.45, 2.75) is 184 Å². The molecule has 0 amide bonds. The van der Waals surface area contributed by atoms with E-state index in [0.29, 0.717) is 0 Å². The summed E-state index contributed by atoms with van der Waals surface area (Å²) in [5.41, 5.74) is -0.821. The first-order valence-electron chi connectivity index (χ1n) is 19.9. The molecule has 0 rings (SSSR count). The van der Waals surface area contributed by atoms with Crippen LogP contribution in [0.15, 0.2) is 0 Å². The number of nitrogens with zero attached hydrogens (tertiary/aromatic N) is 2. The second-order valence-electron chi connectivity index (χ2n) is 14.8. The van der Waals surface area contributed by atoms with Gasteiger partial charge in [-0.25, -0.2) is 0 Å². The van der Waals surface area contributed by atoms with Gasteiger partial charge < -0.3 is 8.97 Å². The van der Waals surface area contributed by atoms with Gasteiger partial charge in [0.15, 0.2) is 0 Å². The van der Waals surface area contributed by atoms with Gasteiger partial charge in [-0.2, -0.15) is 0 Å². The summed E-state index contributed by atoms with van der Waals surface area (Å²) in [6, 6.07) is 0. The van der Waals surface area contributed by atoms with E-state index in [1.807, 2.05) is 0 Å². The molecule has 0 unspecified atom stereocenters. The van der Waals surface area contributed by atoms with Crippen LogP contribution in [0.3, 0.4) is 0 Å². The first-order chi connectivity index (χ1) is 23.9. The molecule has 0 aromatic carbocycles. The Kier molecular flexibility index (Phi) is 37.6. The Morgan fingerprint density at radius 1 is 0.442 bits per heavy atom. The van der Waals surface area contributed by atoms with E-state index in [-0.39, 0.29) is 0 Å². The number of hydrogen-bond acceptors (Lipinski definition) is 10. The maximum atomic E-state index is 10.1. The summed E-state index contributed by atoms with van der Waals surface area (Å²) in [7, 11) is 0. The van der Waals surface area contributed by atoms with Crippen LogP contribution in [0.1, 0.15) is 179 Å². The van der Waals surface area contributed by atoms with Crippen LogP contribution in [0.5, 0.6) is 0 Å². The van der Waals surface area contributed by atoms with Crippen LogP contribution in [0.25, 0.3) is 0 Å². The fourth-order valence-electron chi connectivity index (χ4n) is 5.71. The predicted molar refractivity (Wildman–Crippen MR) is 187 cm³/mol. The zero-order chi connectivity index (χ0) is 41.4. The average Bonchev–Trinajstić information content (AvgIpc) is 3.01. The summed E-state index contributed by atoms with van der Waals surface area (Å²) in [5.74, 6) is 0. The summed E-state index contributed by atoms with van der Waals surface area (Å²) in [6.45, 7) is 34.7. The molecule has 0 aromatic heterocycles. The molecule has 0 aliphatic carbocycles. The van der Waals surface area contributed by atoms with Gasteiger partial charge in [-0.15, -0.1) is 0 Å². The summed E-state index contributed by atoms with van der Waals surface area (Å²) < 4.78 is 94.2. The summed E-state index contributed by atoms with van der Waals surface area (Å²) in [6.07, 6.45) is 22.1. The zero-order valence-electron chi connectivity index (χ0n) is 35.1. The van der Waals surface area contributed by atoms with E-state index in [1.165, 1.54) is 164 Å². The molecule has 0 aliphatic rings. The van der Waals surface area contributed by atoms with Crippen LogP contribution in [-0.2, 0) is 70.3 Å². The van der Waals surface area contributed by atoms with Gasteiger partial charge in [0.1, 0.15) is 0 Å². The van der Waals surface area contributed by atoms with Crippen molar-refractivity contribution in [3.63, 3.8) is 0 Å². The van der Waals surface area contributed by atoms with Crippen molar-refractivity contribution in [3.8, 4) is 0 Å².